The van der Waals surface area contributed by atoms with E-state index in [4.69, 9.17) is 23.1 Å². The van der Waals surface area contributed by atoms with E-state index in [9.17, 15) is 13.6 Å². The van der Waals surface area contributed by atoms with Crippen molar-refractivity contribution in [3.05, 3.63) is 22.3 Å². The molecular formula is C7H6ClF2N3O. The number of hydrogen-bond donors (Lipinski definition) is 2. The van der Waals surface area contributed by atoms with Crippen LogP contribution in [-0.2, 0) is 0 Å². The molecule has 0 aromatic carbocycles. The zero-order valence-electron chi connectivity index (χ0n) is 6.80. The van der Waals surface area contributed by atoms with E-state index in [1.165, 1.54) is 0 Å². The van der Waals surface area contributed by atoms with Crippen molar-refractivity contribution in [2.75, 3.05) is 5.73 Å². The number of carbonyl (C=O) groups is 1. The first-order valence-corrected chi connectivity index (χ1v) is 3.85. The second kappa shape index (κ2) is 3.75. The minimum Gasteiger partial charge on any atom is -0.384 e. The van der Waals surface area contributed by atoms with Crippen LogP contribution in [0.1, 0.15) is 22.5 Å². The Labute approximate surface area is 82.9 Å². The van der Waals surface area contributed by atoms with Gasteiger partial charge in [0.05, 0.1) is 10.6 Å². The Hall–Kier alpha value is -1.43. The predicted molar refractivity (Wildman–Crippen MR) is 47.1 cm³/mol. The van der Waals surface area contributed by atoms with E-state index in [0.29, 0.717) is 0 Å². The summed E-state index contributed by atoms with van der Waals surface area (Å²) in [7, 11) is 0. The number of halogens is 3. The Morgan fingerprint density at radius 1 is 1.57 bits per heavy atom. The van der Waals surface area contributed by atoms with Crippen LogP contribution in [0.3, 0.4) is 0 Å². The van der Waals surface area contributed by atoms with Gasteiger partial charge in [-0.3, -0.25) is 4.79 Å². The van der Waals surface area contributed by atoms with Gasteiger partial charge in [-0.15, -0.1) is 0 Å². The largest absolute Gasteiger partial charge is 0.384 e. The van der Waals surface area contributed by atoms with Crippen LogP contribution in [0.25, 0.3) is 0 Å². The van der Waals surface area contributed by atoms with Crippen molar-refractivity contribution in [2.45, 2.75) is 6.43 Å². The number of primary amides is 1. The van der Waals surface area contributed by atoms with Gasteiger partial charge in [-0.25, -0.2) is 13.8 Å². The Balaban J connectivity index is 3.44. The summed E-state index contributed by atoms with van der Waals surface area (Å²) in [6.07, 6.45) is -2.95. The standard InChI is InChI=1S/C7H6ClF2N3O/c8-2-1-3(11)13-5(6(9)10)4(2)7(12)14/h1,6H,(H2,11,13)(H2,12,14). The Bertz CT molecular complexity index is 383. The lowest BCUT2D eigenvalue weighted by atomic mass is 10.2. The molecule has 0 unspecified atom stereocenters. The summed E-state index contributed by atoms with van der Waals surface area (Å²) < 4.78 is 24.7. The third kappa shape index (κ3) is 1.90. The summed E-state index contributed by atoms with van der Waals surface area (Å²) in [6, 6.07) is 1.09. The number of hydrogen-bond acceptors (Lipinski definition) is 3. The maximum atomic E-state index is 12.4. The number of nitrogens with two attached hydrogens (primary N) is 2. The summed E-state index contributed by atoms with van der Waals surface area (Å²) >= 11 is 5.52. The van der Waals surface area contributed by atoms with Crippen LogP contribution in [-0.4, -0.2) is 10.9 Å². The number of pyridine rings is 1. The highest BCUT2D eigenvalue weighted by Crippen LogP contribution is 2.27. The third-order valence-corrected chi connectivity index (χ3v) is 1.77. The first-order valence-electron chi connectivity index (χ1n) is 3.47. The summed E-state index contributed by atoms with van der Waals surface area (Å²) in [5.74, 6) is -1.24. The molecule has 0 spiro atoms. The summed E-state index contributed by atoms with van der Waals surface area (Å²) in [6.45, 7) is 0. The molecule has 0 saturated heterocycles. The molecule has 4 nitrogen and oxygen atoms in total. The molecule has 0 aliphatic rings. The molecule has 0 saturated carbocycles. The van der Waals surface area contributed by atoms with Gasteiger partial charge in [0.25, 0.3) is 12.3 Å². The topological polar surface area (TPSA) is 82.0 Å². The van der Waals surface area contributed by atoms with Crippen LogP contribution in [0.15, 0.2) is 6.07 Å². The molecule has 1 amide bonds. The SMILES string of the molecule is NC(=O)c1c(Cl)cc(N)nc1C(F)F. The van der Waals surface area contributed by atoms with Crippen molar-refractivity contribution in [2.24, 2.45) is 5.73 Å². The van der Waals surface area contributed by atoms with E-state index in [2.05, 4.69) is 4.98 Å². The van der Waals surface area contributed by atoms with Crippen LogP contribution in [0, 0.1) is 0 Å². The number of alkyl halides is 2. The zero-order chi connectivity index (χ0) is 10.9. The highest BCUT2D eigenvalue weighted by molar-refractivity contribution is 6.34. The lowest BCUT2D eigenvalue weighted by Gasteiger charge is -2.07. The monoisotopic (exact) mass is 221 g/mol. The average Bonchev–Trinajstić information content (AvgIpc) is 2.01. The smallest absolute Gasteiger partial charge is 0.281 e. The fourth-order valence-corrected chi connectivity index (χ4v) is 1.26. The van der Waals surface area contributed by atoms with E-state index in [0.717, 1.165) is 6.07 Å². The second-order valence-electron chi connectivity index (χ2n) is 2.45. The molecule has 0 radical (unpaired) electrons. The molecule has 4 N–H and O–H groups in total. The zero-order valence-corrected chi connectivity index (χ0v) is 7.55. The molecule has 0 aliphatic carbocycles. The number of carbonyl (C=O) groups excluding carboxylic acids is 1. The van der Waals surface area contributed by atoms with E-state index in [1.54, 1.807) is 0 Å². The van der Waals surface area contributed by atoms with Crippen molar-refractivity contribution in [1.82, 2.24) is 4.98 Å². The summed E-state index contributed by atoms with van der Waals surface area (Å²) in [4.78, 5) is 14.1. The van der Waals surface area contributed by atoms with Crippen molar-refractivity contribution >= 4 is 23.3 Å². The Morgan fingerprint density at radius 2 is 2.14 bits per heavy atom. The van der Waals surface area contributed by atoms with Crippen LogP contribution in [0.4, 0.5) is 14.6 Å². The molecule has 1 aromatic heterocycles. The van der Waals surface area contributed by atoms with Gasteiger partial charge < -0.3 is 11.5 Å². The number of aromatic nitrogens is 1. The average molecular weight is 222 g/mol. The minimum atomic E-state index is -2.95. The van der Waals surface area contributed by atoms with Crippen molar-refractivity contribution < 1.29 is 13.6 Å². The van der Waals surface area contributed by atoms with Crippen molar-refractivity contribution in [1.29, 1.82) is 0 Å². The number of amides is 1. The number of nitrogens with zero attached hydrogens (tertiary/aromatic N) is 1. The molecule has 7 heteroatoms. The fraction of sp³-hybridized carbons (Fsp3) is 0.143. The Kier molecular flexibility index (Phi) is 2.85. The predicted octanol–water partition coefficient (Wildman–Crippen LogP) is 1.35. The van der Waals surface area contributed by atoms with E-state index in [-0.39, 0.29) is 10.8 Å². The van der Waals surface area contributed by atoms with Crippen LogP contribution in [0.2, 0.25) is 5.02 Å². The maximum absolute atomic E-state index is 12.4. The summed E-state index contributed by atoms with van der Waals surface area (Å²) in [5, 5.41) is -0.222. The molecule has 0 bridgehead atoms. The highest BCUT2D eigenvalue weighted by atomic mass is 35.5. The van der Waals surface area contributed by atoms with E-state index < -0.39 is 23.6 Å². The first-order chi connectivity index (χ1) is 6.43. The van der Waals surface area contributed by atoms with E-state index in [1.807, 2.05) is 0 Å². The van der Waals surface area contributed by atoms with Gasteiger partial charge >= 0.3 is 0 Å². The van der Waals surface area contributed by atoms with Crippen molar-refractivity contribution in [3.63, 3.8) is 0 Å². The third-order valence-electron chi connectivity index (χ3n) is 1.47. The van der Waals surface area contributed by atoms with Gasteiger partial charge in [0.2, 0.25) is 0 Å². The van der Waals surface area contributed by atoms with Crippen LogP contribution < -0.4 is 11.5 Å². The lowest BCUT2D eigenvalue weighted by Crippen LogP contribution is -2.16. The molecule has 76 valence electrons. The number of anilines is 1. The fourth-order valence-electron chi connectivity index (χ4n) is 0.953. The van der Waals surface area contributed by atoms with E-state index >= 15 is 0 Å². The Morgan fingerprint density at radius 3 is 2.57 bits per heavy atom. The minimum absolute atomic E-state index is 0.185. The normalized spacial score (nSPS) is 10.6. The molecule has 0 aliphatic heterocycles. The number of nitrogen functional groups attached to an aromatic ring is 1. The van der Waals surface area contributed by atoms with Crippen LogP contribution in [0.5, 0.6) is 0 Å². The lowest BCUT2D eigenvalue weighted by molar-refractivity contribution is 0.0983. The maximum Gasteiger partial charge on any atom is 0.281 e. The number of rotatable bonds is 2. The first kappa shape index (κ1) is 10.6. The van der Waals surface area contributed by atoms with Gasteiger partial charge in [0.15, 0.2) is 0 Å². The highest BCUT2D eigenvalue weighted by Gasteiger charge is 2.22. The van der Waals surface area contributed by atoms with Gasteiger partial charge in [-0.1, -0.05) is 11.6 Å². The molecule has 0 fully saturated rings. The van der Waals surface area contributed by atoms with Gasteiger partial charge in [-0.05, 0) is 6.07 Å². The van der Waals surface area contributed by atoms with Crippen molar-refractivity contribution in [3.8, 4) is 0 Å². The van der Waals surface area contributed by atoms with Gasteiger partial charge in [-0.2, -0.15) is 0 Å². The molecule has 1 rings (SSSR count). The molecule has 1 heterocycles. The second-order valence-corrected chi connectivity index (χ2v) is 2.86. The van der Waals surface area contributed by atoms with Gasteiger partial charge in [0.1, 0.15) is 11.5 Å². The molecule has 14 heavy (non-hydrogen) atoms. The molecule has 1 aromatic rings. The quantitative estimate of drug-likeness (QED) is 0.791. The molecule has 0 atom stereocenters. The molecular weight excluding hydrogens is 216 g/mol. The van der Waals surface area contributed by atoms with Crippen LogP contribution >= 0.6 is 11.6 Å². The summed E-state index contributed by atoms with van der Waals surface area (Å²) in [5.41, 5.74) is 8.77. The van der Waals surface area contributed by atoms with Gasteiger partial charge in [0, 0.05) is 0 Å².